The minimum atomic E-state index is -0.451. The van der Waals surface area contributed by atoms with Crippen molar-refractivity contribution in [3.8, 4) is 5.75 Å². The molecule has 90 valence electrons. The van der Waals surface area contributed by atoms with Gasteiger partial charge in [0.2, 0.25) is 0 Å². The fraction of sp³-hybridized carbons (Fsp3) is 0.538. The van der Waals surface area contributed by atoms with Gasteiger partial charge in [0.1, 0.15) is 18.5 Å². The molecule has 0 unspecified atom stereocenters. The number of ether oxygens (including phenoxy) is 1. The maximum atomic E-state index is 9.76. The van der Waals surface area contributed by atoms with Gasteiger partial charge in [0.05, 0.1) is 0 Å². The van der Waals surface area contributed by atoms with Crippen LogP contribution >= 0.6 is 0 Å². The average Bonchev–Trinajstić information content (AvgIpc) is 2.27. The Kier molecular flexibility index (Phi) is 5.29. The topological polar surface area (TPSA) is 32.7 Å². The number of aliphatic hydroxyl groups excluding tert-OH is 1. The summed E-state index contributed by atoms with van der Waals surface area (Å²) >= 11 is 0. The van der Waals surface area contributed by atoms with Crippen molar-refractivity contribution in [2.24, 2.45) is 0 Å². The van der Waals surface area contributed by atoms with Gasteiger partial charge in [-0.3, -0.25) is 0 Å². The molecule has 1 aromatic carbocycles. The summed E-state index contributed by atoms with van der Waals surface area (Å²) in [6, 6.07) is 9.99. The van der Waals surface area contributed by atoms with Crippen LogP contribution in [0.2, 0.25) is 0 Å². The Hall–Kier alpha value is -1.06. The van der Waals surface area contributed by atoms with E-state index in [0.717, 1.165) is 5.75 Å². The maximum Gasteiger partial charge on any atom is 0.119 e. The van der Waals surface area contributed by atoms with Gasteiger partial charge in [0.25, 0.3) is 0 Å². The molecule has 3 heteroatoms. The standard InChI is InChI=1S/C13H21NO2/c1-11(2)14(3)9-12(15)10-16-13-7-5-4-6-8-13/h4-8,11-12,15H,9-10H2,1-3H3/t12-/m1/s1. The van der Waals surface area contributed by atoms with E-state index in [2.05, 4.69) is 18.7 Å². The lowest BCUT2D eigenvalue weighted by molar-refractivity contribution is 0.0678. The SMILES string of the molecule is CC(C)N(C)C[C@@H](O)COc1ccccc1. The minimum absolute atomic E-state index is 0.334. The molecule has 0 aliphatic heterocycles. The van der Waals surface area contributed by atoms with Crippen LogP contribution in [-0.2, 0) is 0 Å². The highest BCUT2D eigenvalue weighted by Crippen LogP contribution is 2.08. The number of para-hydroxylation sites is 1. The van der Waals surface area contributed by atoms with Crippen molar-refractivity contribution in [3.05, 3.63) is 30.3 Å². The van der Waals surface area contributed by atoms with Crippen LogP contribution in [0, 0.1) is 0 Å². The van der Waals surface area contributed by atoms with E-state index in [1.165, 1.54) is 0 Å². The summed E-state index contributed by atoms with van der Waals surface area (Å²) in [7, 11) is 2.00. The quantitative estimate of drug-likeness (QED) is 0.797. The van der Waals surface area contributed by atoms with Crippen LogP contribution < -0.4 is 4.74 Å². The zero-order chi connectivity index (χ0) is 12.0. The lowest BCUT2D eigenvalue weighted by atomic mass is 10.3. The summed E-state index contributed by atoms with van der Waals surface area (Å²) in [5.74, 6) is 0.800. The second kappa shape index (κ2) is 6.51. The zero-order valence-electron chi connectivity index (χ0n) is 10.3. The highest BCUT2D eigenvalue weighted by Gasteiger charge is 2.11. The summed E-state index contributed by atoms with van der Waals surface area (Å²) in [5.41, 5.74) is 0. The molecule has 0 amide bonds. The molecule has 0 radical (unpaired) electrons. The molecule has 1 aromatic rings. The van der Waals surface area contributed by atoms with E-state index >= 15 is 0 Å². The third-order valence-electron chi connectivity index (χ3n) is 2.57. The Morgan fingerprint density at radius 2 is 1.88 bits per heavy atom. The Labute approximate surface area is 97.7 Å². The molecule has 0 saturated carbocycles. The number of hydrogen-bond donors (Lipinski definition) is 1. The van der Waals surface area contributed by atoms with Gasteiger partial charge in [0.15, 0.2) is 0 Å². The molecule has 0 aromatic heterocycles. The van der Waals surface area contributed by atoms with E-state index in [1.54, 1.807) is 0 Å². The maximum absolute atomic E-state index is 9.76. The second-order valence-electron chi connectivity index (χ2n) is 4.31. The molecule has 1 rings (SSSR count). The molecule has 0 aliphatic rings. The molecular weight excluding hydrogens is 202 g/mol. The monoisotopic (exact) mass is 223 g/mol. The average molecular weight is 223 g/mol. The van der Waals surface area contributed by atoms with E-state index in [9.17, 15) is 5.11 Å². The van der Waals surface area contributed by atoms with Gasteiger partial charge in [0, 0.05) is 12.6 Å². The van der Waals surface area contributed by atoms with Gasteiger partial charge in [-0.1, -0.05) is 18.2 Å². The number of hydrogen-bond acceptors (Lipinski definition) is 3. The lowest BCUT2D eigenvalue weighted by Crippen LogP contribution is -2.36. The molecule has 16 heavy (non-hydrogen) atoms. The van der Waals surface area contributed by atoms with Crippen molar-refractivity contribution in [1.29, 1.82) is 0 Å². The van der Waals surface area contributed by atoms with Gasteiger partial charge >= 0.3 is 0 Å². The largest absolute Gasteiger partial charge is 0.491 e. The molecular formula is C13H21NO2. The summed E-state index contributed by atoms with van der Waals surface area (Å²) in [6.07, 6.45) is -0.451. The van der Waals surface area contributed by atoms with Crippen molar-refractivity contribution in [2.45, 2.75) is 26.0 Å². The van der Waals surface area contributed by atoms with Crippen LogP contribution in [0.5, 0.6) is 5.75 Å². The number of nitrogens with zero attached hydrogens (tertiary/aromatic N) is 1. The third kappa shape index (κ3) is 4.64. The predicted octanol–water partition coefficient (Wildman–Crippen LogP) is 1.77. The number of benzene rings is 1. The highest BCUT2D eigenvalue weighted by atomic mass is 16.5. The molecule has 0 aliphatic carbocycles. The van der Waals surface area contributed by atoms with Crippen molar-refractivity contribution >= 4 is 0 Å². The first-order chi connectivity index (χ1) is 7.59. The first-order valence-corrected chi connectivity index (χ1v) is 5.65. The Bertz CT molecular complexity index is 287. The summed E-state index contributed by atoms with van der Waals surface area (Å²) in [5, 5.41) is 9.76. The van der Waals surface area contributed by atoms with Crippen LogP contribution in [0.3, 0.4) is 0 Å². The van der Waals surface area contributed by atoms with E-state index in [1.807, 2.05) is 37.4 Å². The third-order valence-corrected chi connectivity index (χ3v) is 2.57. The highest BCUT2D eigenvalue weighted by molar-refractivity contribution is 5.20. The van der Waals surface area contributed by atoms with Crippen LogP contribution in [0.4, 0.5) is 0 Å². The van der Waals surface area contributed by atoms with Crippen molar-refractivity contribution in [2.75, 3.05) is 20.2 Å². The fourth-order valence-corrected chi connectivity index (χ4v) is 1.31. The van der Waals surface area contributed by atoms with Crippen molar-refractivity contribution in [3.63, 3.8) is 0 Å². The van der Waals surface area contributed by atoms with Crippen LogP contribution in [-0.4, -0.2) is 42.4 Å². The van der Waals surface area contributed by atoms with E-state index in [-0.39, 0.29) is 0 Å². The van der Waals surface area contributed by atoms with Gasteiger partial charge in [-0.25, -0.2) is 0 Å². The van der Waals surface area contributed by atoms with Crippen LogP contribution in [0.1, 0.15) is 13.8 Å². The molecule has 0 bridgehead atoms. The predicted molar refractivity (Wildman–Crippen MR) is 65.7 cm³/mol. The molecule has 0 saturated heterocycles. The molecule has 1 atom stereocenters. The molecule has 0 heterocycles. The first kappa shape index (κ1) is 13.0. The second-order valence-corrected chi connectivity index (χ2v) is 4.31. The smallest absolute Gasteiger partial charge is 0.119 e. The first-order valence-electron chi connectivity index (χ1n) is 5.65. The zero-order valence-corrected chi connectivity index (χ0v) is 10.3. The Balaban J connectivity index is 2.28. The van der Waals surface area contributed by atoms with Gasteiger partial charge < -0.3 is 14.7 Å². The minimum Gasteiger partial charge on any atom is -0.491 e. The Morgan fingerprint density at radius 1 is 1.25 bits per heavy atom. The number of likely N-dealkylation sites (N-methyl/N-ethyl adjacent to an activating group) is 1. The lowest BCUT2D eigenvalue weighted by Gasteiger charge is -2.24. The van der Waals surface area contributed by atoms with Crippen LogP contribution in [0.15, 0.2) is 30.3 Å². The van der Waals surface area contributed by atoms with Gasteiger partial charge in [-0.15, -0.1) is 0 Å². The molecule has 1 N–H and O–H groups in total. The van der Waals surface area contributed by atoms with Crippen molar-refractivity contribution in [1.82, 2.24) is 4.90 Å². The van der Waals surface area contributed by atoms with E-state index < -0.39 is 6.10 Å². The normalized spacial score (nSPS) is 13.1. The van der Waals surface area contributed by atoms with Crippen LogP contribution in [0.25, 0.3) is 0 Å². The Morgan fingerprint density at radius 3 is 2.44 bits per heavy atom. The van der Waals surface area contributed by atoms with Gasteiger partial charge in [-0.05, 0) is 33.0 Å². The number of rotatable bonds is 6. The molecule has 0 fully saturated rings. The van der Waals surface area contributed by atoms with Gasteiger partial charge in [-0.2, -0.15) is 0 Å². The van der Waals surface area contributed by atoms with E-state index in [0.29, 0.717) is 19.2 Å². The summed E-state index contributed by atoms with van der Waals surface area (Å²) in [4.78, 5) is 2.10. The molecule has 3 nitrogen and oxygen atoms in total. The van der Waals surface area contributed by atoms with E-state index in [4.69, 9.17) is 4.74 Å². The summed E-state index contributed by atoms with van der Waals surface area (Å²) < 4.78 is 5.47. The number of aliphatic hydroxyl groups is 1. The van der Waals surface area contributed by atoms with Crippen molar-refractivity contribution < 1.29 is 9.84 Å². The molecule has 0 spiro atoms. The fourth-order valence-electron chi connectivity index (χ4n) is 1.31. The summed E-state index contributed by atoms with van der Waals surface area (Å²) in [6.45, 7) is 5.17.